The first kappa shape index (κ1) is 14.9. The van der Waals surface area contributed by atoms with Gasteiger partial charge < -0.3 is 0 Å². The zero-order valence-electron chi connectivity index (χ0n) is 10.7. The summed E-state index contributed by atoms with van der Waals surface area (Å²) < 4.78 is 2.42. The zero-order chi connectivity index (χ0) is 13.9. The molecule has 104 valence electrons. The molecule has 0 radical (unpaired) electrons. The Morgan fingerprint density at radius 3 is 1.80 bits per heavy atom. The monoisotopic (exact) mass is 429 g/mol. The van der Waals surface area contributed by atoms with E-state index in [0.29, 0.717) is 0 Å². The summed E-state index contributed by atoms with van der Waals surface area (Å²) in [7, 11) is 0. The fourth-order valence-electron chi connectivity index (χ4n) is 2.07. The molecule has 3 heterocycles. The molecule has 2 aliphatic rings. The van der Waals surface area contributed by atoms with Gasteiger partial charge in [-0.2, -0.15) is 23.5 Å². The predicted octanol–water partition coefficient (Wildman–Crippen LogP) is 5.79. The minimum absolute atomic E-state index is 0.963. The lowest BCUT2D eigenvalue weighted by Crippen LogP contribution is -1.92. The topological polar surface area (TPSA) is 12.9 Å². The van der Waals surface area contributed by atoms with Crippen LogP contribution in [0.1, 0.15) is 22.5 Å². The molecule has 0 saturated carbocycles. The number of rotatable bonds is 0. The second-order valence-electron chi connectivity index (χ2n) is 4.64. The third kappa shape index (κ3) is 3.62. The van der Waals surface area contributed by atoms with E-state index in [4.69, 9.17) is 4.98 Å². The quantitative estimate of drug-likeness (QED) is 0.525. The molecular formula is C15H13Br2NS2. The Labute approximate surface area is 144 Å². The SMILES string of the molecule is Brc1cc2c(Br)cc1CSCc1cccc(n1)CSC2. The van der Waals surface area contributed by atoms with Crippen LogP contribution in [0.3, 0.4) is 0 Å². The number of halogens is 2. The minimum atomic E-state index is 0.963. The van der Waals surface area contributed by atoms with Gasteiger partial charge in [0.2, 0.25) is 0 Å². The summed E-state index contributed by atoms with van der Waals surface area (Å²) in [5.41, 5.74) is 5.04. The molecule has 5 heteroatoms. The molecule has 1 aromatic carbocycles. The fraction of sp³-hybridized carbons (Fsp3) is 0.267. The fourth-order valence-corrected chi connectivity index (χ4v) is 5.37. The third-order valence-corrected chi connectivity index (χ3v) is 6.60. The van der Waals surface area contributed by atoms with E-state index in [2.05, 4.69) is 62.2 Å². The van der Waals surface area contributed by atoms with Crippen molar-refractivity contribution >= 4 is 55.4 Å². The van der Waals surface area contributed by atoms with Crippen LogP contribution in [-0.4, -0.2) is 4.98 Å². The van der Waals surface area contributed by atoms with Crippen molar-refractivity contribution in [3.63, 3.8) is 0 Å². The molecule has 0 spiro atoms. The molecule has 0 amide bonds. The lowest BCUT2D eigenvalue weighted by atomic mass is 10.2. The van der Waals surface area contributed by atoms with Gasteiger partial charge in [0, 0.05) is 32.0 Å². The van der Waals surface area contributed by atoms with Crippen molar-refractivity contribution in [2.24, 2.45) is 0 Å². The Morgan fingerprint density at radius 2 is 1.30 bits per heavy atom. The first-order valence-corrected chi connectivity index (χ1v) is 10.2. The number of thioether (sulfide) groups is 2. The van der Waals surface area contributed by atoms with Crippen molar-refractivity contribution in [3.05, 3.63) is 61.8 Å². The van der Waals surface area contributed by atoms with Gasteiger partial charge in [-0.15, -0.1) is 0 Å². The summed E-state index contributed by atoms with van der Waals surface area (Å²) >= 11 is 11.2. The van der Waals surface area contributed by atoms with Crippen LogP contribution < -0.4 is 0 Å². The first-order chi connectivity index (χ1) is 9.72. The Hall–Kier alpha value is 0.0300. The minimum Gasteiger partial charge on any atom is -0.256 e. The standard InChI is InChI=1S/C15H13Br2NS2/c16-14-5-11-7-20-9-13-3-1-2-12(18-13)8-19-6-10(14)4-15(11)17/h1-5H,6-9H2. The lowest BCUT2D eigenvalue weighted by Gasteiger charge is -2.09. The van der Waals surface area contributed by atoms with Gasteiger partial charge in [-0.05, 0) is 35.4 Å². The predicted molar refractivity (Wildman–Crippen MR) is 96.1 cm³/mol. The van der Waals surface area contributed by atoms with Crippen LogP contribution in [-0.2, 0) is 23.0 Å². The molecule has 0 aliphatic carbocycles. The summed E-state index contributed by atoms with van der Waals surface area (Å²) in [6, 6.07) is 10.8. The van der Waals surface area contributed by atoms with Crippen LogP contribution in [0.25, 0.3) is 0 Å². The molecule has 1 aromatic heterocycles. The summed E-state index contributed by atoms with van der Waals surface area (Å²) in [6.07, 6.45) is 0. The van der Waals surface area contributed by atoms with Gasteiger partial charge in [0.1, 0.15) is 0 Å². The van der Waals surface area contributed by atoms with Gasteiger partial charge in [0.15, 0.2) is 0 Å². The van der Waals surface area contributed by atoms with E-state index in [1.807, 2.05) is 23.5 Å². The number of aromatic nitrogens is 1. The summed E-state index contributed by atoms with van der Waals surface area (Å²) in [5, 5.41) is 0. The number of hydrogen-bond donors (Lipinski definition) is 0. The van der Waals surface area contributed by atoms with Gasteiger partial charge in [-0.25, -0.2) is 0 Å². The average Bonchev–Trinajstić information content (AvgIpc) is 2.44. The third-order valence-electron chi connectivity index (χ3n) is 3.09. The van der Waals surface area contributed by atoms with E-state index in [-0.39, 0.29) is 0 Å². The van der Waals surface area contributed by atoms with Crippen LogP contribution in [0.4, 0.5) is 0 Å². The summed E-state index contributed by atoms with van der Waals surface area (Å²) in [4.78, 5) is 4.73. The molecule has 2 aliphatic heterocycles. The molecule has 0 N–H and O–H groups in total. The smallest absolute Gasteiger partial charge is 0.0506 e. The summed E-state index contributed by atoms with van der Waals surface area (Å²) in [5.74, 6) is 3.92. The highest BCUT2D eigenvalue weighted by Crippen LogP contribution is 2.32. The Balaban J connectivity index is 1.92. The molecule has 4 bridgehead atoms. The van der Waals surface area contributed by atoms with E-state index in [9.17, 15) is 0 Å². The summed E-state index contributed by atoms with van der Waals surface area (Å²) in [6.45, 7) is 0. The van der Waals surface area contributed by atoms with Crippen molar-refractivity contribution in [1.29, 1.82) is 0 Å². The van der Waals surface area contributed by atoms with Crippen molar-refractivity contribution in [2.45, 2.75) is 23.0 Å². The van der Waals surface area contributed by atoms with Crippen molar-refractivity contribution in [2.75, 3.05) is 0 Å². The largest absolute Gasteiger partial charge is 0.256 e. The maximum absolute atomic E-state index is 4.73. The van der Waals surface area contributed by atoms with E-state index >= 15 is 0 Å². The second kappa shape index (κ2) is 6.86. The van der Waals surface area contributed by atoms with Crippen molar-refractivity contribution < 1.29 is 0 Å². The highest BCUT2D eigenvalue weighted by atomic mass is 79.9. The number of pyridine rings is 1. The van der Waals surface area contributed by atoms with Gasteiger partial charge in [-0.1, -0.05) is 37.9 Å². The average molecular weight is 431 g/mol. The number of nitrogens with zero attached hydrogens (tertiary/aromatic N) is 1. The molecule has 0 saturated heterocycles. The Morgan fingerprint density at radius 1 is 0.800 bits per heavy atom. The first-order valence-electron chi connectivity index (χ1n) is 6.29. The maximum atomic E-state index is 4.73. The van der Waals surface area contributed by atoms with Gasteiger partial charge in [0.25, 0.3) is 0 Å². The second-order valence-corrected chi connectivity index (χ2v) is 8.32. The van der Waals surface area contributed by atoms with E-state index < -0.39 is 0 Å². The maximum Gasteiger partial charge on any atom is 0.0506 e. The van der Waals surface area contributed by atoms with Gasteiger partial charge >= 0.3 is 0 Å². The van der Waals surface area contributed by atoms with E-state index in [0.717, 1.165) is 23.0 Å². The Bertz CT molecular complexity index is 580. The highest BCUT2D eigenvalue weighted by Gasteiger charge is 2.09. The van der Waals surface area contributed by atoms with Crippen LogP contribution in [0, 0.1) is 0 Å². The van der Waals surface area contributed by atoms with Crippen LogP contribution in [0.15, 0.2) is 39.3 Å². The van der Waals surface area contributed by atoms with Crippen molar-refractivity contribution in [3.8, 4) is 0 Å². The van der Waals surface area contributed by atoms with E-state index in [1.165, 1.54) is 31.5 Å². The van der Waals surface area contributed by atoms with E-state index in [1.54, 1.807) is 0 Å². The number of benzene rings is 1. The van der Waals surface area contributed by atoms with Crippen LogP contribution >= 0.6 is 55.4 Å². The van der Waals surface area contributed by atoms with Gasteiger partial charge in [0.05, 0.1) is 11.4 Å². The molecule has 0 fully saturated rings. The highest BCUT2D eigenvalue weighted by molar-refractivity contribution is 9.11. The molecule has 0 unspecified atom stereocenters. The van der Waals surface area contributed by atoms with Crippen LogP contribution in [0.2, 0.25) is 0 Å². The van der Waals surface area contributed by atoms with Crippen LogP contribution in [0.5, 0.6) is 0 Å². The normalized spacial score (nSPS) is 15.3. The number of hydrogen-bond acceptors (Lipinski definition) is 3. The molecule has 4 rings (SSSR count). The van der Waals surface area contributed by atoms with Crippen molar-refractivity contribution in [1.82, 2.24) is 4.98 Å². The van der Waals surface area contributed by atoms with Gasteiger partial charge in [-0.3, -0.25) is 4.98 Å². The molecule has 0 atom stereocenters. The molecular weight excluding hydrogens is 418 g/mol. The number of fused-ring (bicyclic) bond motifs is 6. The zero-order valence-corrected chi connectivity index (χ0v) is 15.5. The Kier molecular flexibility index (Phi) is 5.13. The molecule has 20 heavy (non-hydrogen) atoms. The molecule has 1 nitrogen and oxygen atoms in total. The lowest BCUT2D eigenvalue weighted by molar-refractivity contribution is 1.09. The molecule has 2 aromatic rings.